The predicted octanol–water partition coefficient (Wildman–Crippen LogP) is 3.96. The highest BCUT2D eigenvalue weighted by atomic mass is 32.2. The molecule has 3 N–H and O–H groups in total. The second-order valence-corrected chi connectivity index (χ2v) is 8.94. The standard InChI is InChI=1S/C22H28N2O5S2/c1-2-3-4-5-6-7-12-29-16-10-8-15(9-11-16)13-18-20(26)24(22(30)31-18)17(21(27)28)14-19(23)25/h8-11,13,17H,2-7,12,14H2,1H3,(H2,23,25)(H,27,28)/b18-13+. The zero-order chi connectivity index (χ0) is 22.8. The molecule has 1 aromatic rings. The molecule has 7 nitrogen and oxygen atoms in total. The topological polar surface area (TPSA) is 110 Å². The molecule has 168 valence electrons. The molecule has 1 heterocycles. The van der Waals surface area contributed by atoms with Crippen LogP contribution < -0.4 is 10.5 Å². The first kappa shape index (κ1) is 24.9. The Morgan fingerprint density at radius 2 is 1.84 bits per heavy atom. The number of nitrogens with two attached hydrogens (primary N) is 1. The SMILES string of the molecule is CCCCCCCCOc1ccc(/C=C2/SC(=S)N(C(CC(N)=O)C(=O)O)C2=O)cc1. The first-order chi connectivity index (χ1) is 14.8. The third-order valence-electron chi connectivity index (χ3n) is 4.76. The number of carboxylic acid groups (broad SMARTS) is 1. The smallest absolute Gasteiger partial charge is 0.327 e. The molecule has 1 aliphatic rings. The monoisotopic (exact) mass is 464 g/mol. The minimum atomic E-state index is -1.41. The van der Waals surface area contributed by atoms with Gasteiger partial charge in [-0.1, -0.05) is 75.1 Å². The lowest BCUT2D eigenvalue weighted by atomic mass is 10.1. The van der Waals surface area contributed by atoms with Crippen LogP contribution in [0.15, 0.2) is 29.2 Å². The van der Waals surface area contributed by atoms with Crippen molar-refractivity contribution in [3.8, 4) is 5.75 Å². The number of thiocarbonyl (C=S) groups is 1. The zero-order valence-electron chi connectivity index (χ0n) is 17.5. The Hall–Kier alpha value is -2.39. The van der Waals surface area contributed by atoms with E-state index in [2.05, 4.69) is 6.92 Å². The lowest BCUT2D eigenvalue weighted by Gasteiger charge is -2.21. The van der Waals surface area contributed by atoms with Gasteiger partial charge in [0.2, 0.25) is 5.91 Å². The van der Waals surface area contributed by atoms with Crippen molar-refractivity contribution < 1.29 is 24.2 Å². The average molecular weight is 465 g/mol. The highest BCUT2D eigenvalue weighted by molar-refractivity contribution is 8.26. The maximum atomic E-state index is 12.7. The van der Waals surface area contributed by atoms with E-state index in [9.17, 15) is 19.5 Å². The molecule has 0 spiro atoms. The molecule has 0 bridgehead atoms. The van der Waals surface area contributed by atoms with Crippen LogP contribution in [-0.4, -0.2) is 44.8 Å². The van der Waals surface area contributed by atoms with Gasteiger partial charge in [-0.2, -0.15) is 0 Å². The quantitative estimate of drug-likeness (QED) is 0.258. The number of aliphatic carboxylic acids is 1. The molecule has 1 saturated heterocycles. The van der Waals surface area contributed by atoms with E-state index in [-0.39, 0.29) is 4.32 Å². The van der Waals surface area contributed by atoms with Gasteiger partial charge in [-0.15, -0.1) is 0 Å². The van der Waals surface area contributed by atoms with E-state index in [0.29, 0.717) is 11.5 Å². The summed E-state index contributed by atoms with van der Waals surface area (Å²) in [6.45, 7) is 2.87. The van der Waals surface area contributed by atoms with Crippen LogP contribution in [0.5, 0.6) is 5.75 Å². The number of carbonyl (C=O) groups is 3. The minimum Gasteiger partial charge on any atom is -0.494 e. The van der Waals surface area contributed by atoms with Gasteiger partial charge in [0.05, 0.1) is 17.9 Å². The number of hydrogen-bond donors (Lipinski definition) is 2. The summed E-state index contributed by atoms with van der Waals surface area (Å²) in [5.41, 5.74) is 5.87. The average Bonchev–Trinajstić information content (AvgIpc) is 2.99. The fourth-order valence-corrected chi connectivity index (χ4v) is 4.47. The zero-order valence-corrected chi connectivity index (χ0v) is 19.2. The lowest BCUT2D eigenvalue weighted by molar-refractivity contribution is -0.146. The van der Waals surface area contributed by atoms with Crippen LogP contribution in [0.2, 0.25) is 0 Å². The van der Waals surface area contributed by atoms with Crippen LogP contribution in [0.4, 0.5) is 0 Å². The Balaban J connectivity index is 1.94. The Morgan fingerprint density at radius 1 is 1.19 bits per heavy atom. The second-order valence-electron chi connectivity index (χ2n) is 7.26. The molecule has 1 unspecified atom stereocenters. The van der Waals surface area contributed by atoms with Crippen molar-refractivity contribution in [2.24, 2.45) is 5.73 Å². The van der Waals surface area contributed by atoms with Crippen LogP contribution in [0.25, 0.3) is 6.08 Å². The first-order valence-corrected chi connectivity index (χ1v) is 11.6. The molecular formula is C22H28N2O5S2. The van der Waals surface area contributed by atoms with Gasteiger partial charge in [-0.3, -0.25) is 14.5 Å². The van der Waals surface area contributed by atoms with Crippen molar-refractivity contribution in [3.05, 3.63) is 34.7 Å². The summed E-state index contributed by atoms with van der Waals surface area (Å²) in [5, 5.41) is 9.36. The van der Waals surface area contributed by atoms with Gasteiger partial charge in [0, 0.05) is 0 Å². The van der Waals surface area contributed by atoms with Crippen molar-refractivity contribution in [2.45, 2.75) is 57.9 Å². The minimum absolute atomic E-state index is 0.0868. The Morgan fingerprint density at radius 3 is 2.45 bits per heavy atom. The van der Waals surface area contributed by atoms with Crippen molar-refractivity contribution >= 4 is 52.2 Å². The normalized spacial score (nSPS) is 16.0. The molecular weight excluding hydrogens is 436 g/mol. The van der Waals surface area contributed by atoms with Gasteiger partial charge < -0.3 is 15.6 Å². The van der Waals surface area contributed by atoms with Crippen LogP contribution in [-0.2, 0) is 14.4 Å². The number of rotatable bonds is 13. The van der Waals surface area contributed by atoms with E-state index in [0.717, 1.165) is 40.8 Å². The van der Waals surface area contributed by atoms with Crippen LogP contribution >= 0.6 is 24.0 Å². The van der Waals surface area contributed by atoms with Gasteiger partial charge in [-0.25, -0.2) is 4.79 Å². The highest BCUT2D eigenvalue weighted by Crippen LogP contribution is 2.34. The largest absolute Gasteiger partial charge is 0.494 e. The summed E-state index contributed by atoms with van der Waals surface area (Å²) in [7, 11) is 0. The molecule has 0 saturated carbocycles. The number of ether oxygens (including phenoxy) is 1. The number of hydrogen-bond acceptors (Lipinski definition) is 6. The molecule has 0 radical (unpaired) electrons. The molecule has 0 aliphatic carbocycles. The third kappa shape index (κ3) is 7.66. The summed E-state index contributed by atoms with van der Waals surface area (Å²) in [6, 6.07) is 5.89. The molecule has 9 heteroatoms. The van der Waals surface area contributed by atoms with Gasteiger partial charge in [0.1, 0.15) is 16.1 Å². The number of carboxylic acids is 1. The highest BCUT2D eigenvalue weighted by Gasteiger charge is 2.41. The maximum Gasteiger partial charge on any atom is 0.327 e. The Labute approximate surface area is 192 Å². The molecule has 2 amide bonds. The molecule has 1 aliphatic heterocycles. The van der Waals surface area contributed by atoms with Crippen molar-refractivity contribution in [1.82, 2.24) is 4.90 Å². The number of nitrogens with zero attached hydrogens (tertiary/aromatic N) is 1. The number of primary amides is 1. The maximum absolute atomic E-state index is 12.7. The van der Waals surface area contributed by atoms with Crippen molar-refractivity contribution in [1.29, 1.82) is 0 Å². The summed E-state index contributed by atoms with van der Waals surface area (Å²) in [4.78, 5) is 36.6. The third-order valence-corrected chi connectivity index (χ3v) is 6.09. The summed E-state index contributed by atoms with van der Waals surface area (Å²) < 4.78 is 5.84. The van der Waals surface area contributed by atoms with Crippen molar-refractivity contribution in [2.75, 3.05) is 6.61 Å². The molecule has 2 rings (SSSR count). The van der Waals surface area contributed by atoms with E-state index in [4.69, 9.17) is 22.7 Å². The van der Waals surface area contributed by atoms with E-state index in [1.54, 1.807) is 6.08 Å². The first-order valence-electron chi connectivity index (χ1n) is 10.3. The number of thioether (sulfide) groups is 1. The molecule has 1 fully saturated rings. The van der Waals surface area contributed by atoms with Crippen molar-refractivity contribution in [3.63, 3.8) is 0 Å². The Bertz CT molecular complexity index is 839. The number of carbonyl (C=O) groups excluding carboxylic acids is 2. The van der Waals surface area contributed by atoms with E-state index in [1.165, 1.54) is 25.7 Å². The Kier molecular flexibility index (Phi) is 10.00. The van der Waals surface area contributed by atoms with E-state index in [1.807, 2.05) is 24.3 Å². The van der Waals surface area contributed by atoms with E-state index >= 15 is 0 Å². The summed E-state index contributed by atoms with van der Waals surface area (Å²) >= 11 is 6.16. The van der Waals surface area contributed by atoms with Crippen LogP contribution in [0.3, 0.4) is 0 Å². The van der Waals surface area contributed by atoms with Crippen LogP contribution in [0.1, 0.15) is 57.4 Å². The predicted molar refractivity (Wildman–Crippen MR) is 126 cm³/mol. The molecule has 0 aromatic heterocycles. The number of benzene rings is 1. The lowest BCUT2D eigenvalue weighted by Crippen LogP contribution is -2.46. The van der Waals surface area contributed by atoms with Gasteiger partial charge in [0.15, 0.2) is 0 Å². The van der Waals surface area contributed by atoms with Gasteiger partial charge >= 0.3 is 5.97 Å². The van der Waals surface area contributed by atoms with Crippen LogP contribution in [0, 0.1) is 0 Å². The van der Waals surface area contributed by atoms with E-state index < -0.39 is 30.2 Å². The number of amides is 2. The number of unbranched alkanes of at least 4 members (excludes halogenated alkanes) is 5. The molecule has 1 atom stereocenters. The molecule has 1 aromatic carbocycles. The fraction of sp³-hybridized carbons (Fsp3) is 0.455. The second kappa shape index (κ2) is 12.5. The summed E-state index contributed by atoms with van der Waals surface area (Å²) in [6.07, 6.45) is 8.34. The van der Waals surface area contributed by atoms with Gasteiger partial charge in [-0.05, 0) is 30.2 Å². The molecule has 31 heavy (non-hydrogen) atoms. The van der Waals surface area contributed by atoms with Gasteiger partial charge in [0.25, 0.3) is 5.91 Å². The fourth-order valence-electron chi connectivity index (χ4n) is 3.11. The summed E-state index contributed by atoms with van der Waals surface area (Å²) in [5.74, 6) is -1.94.